The van der Waals surface area contributed by atoms with Crippen LogP contribution < -0.4 is 10.2 Å². The van der Waals surface area contributed by atoms with E-state index in [0.29, 0.717) is 10.9 Å². The van der Waals surface area contributed by atoms with Gasteiger partial charge in [-0.1, -0.05) is 17.8 Å². The molecule has 0 unspecified atom stereocenters. The van der Waals surface area contributed by atoms with Crippen molar-refractivity contribution in [3.05, 3.63) is 59.4 Å². The lowest BCUT2D eigenvalue weighted by molar-refractivity contribution is -0.114. The molecule has 1 N–H and O–H groups in total. The number of nitrogens with one attached hydrogen (secondary N) is 1. The number of amides is 1. The van der Waals surface area contributed by atoms with Gasteiger partial charge in [0.25, 0.3) is 0 Å². The molecule has 158 valence electrons. The van der Waals surface area contributed by atoms with E-state index in [9.17, 15) is 17.6 Å². The number of hydrogen-bond acceptors (Lipinski definition) is 6. The van der Waals surface area contributed by atoms with Gasteiger partial charge in [-0.3, -0.25) is 9.79 Å². The molecule has 2 aliphatic rings. The van der Waals surface area contributed by atoms with Crippen LogP contribution in [0.3, 0.4) is 0 Å². The largest absolute Gasteiger partial charge is 0.325 e. The Kier molecular flexibility index (Phi) is 5.59. The second-order valence-electron chi connectivity index (χ2n) is 7.62. The first-order valence-corrected chi connectivity index (χ1v) is 12.3. The standard InChI is InChI=1S/C21H22FN3O3S2/c1-13-3-8-17(9-14(13)2)25(10-20(26)23-16-6-4-15(22)5-7-16)21-24-18-11-30(27,28)12-19(18)29-21/h3-9,18-19H,10-12H2,1-2H3,(H,23,26)/t18-,19-/m1/s1. The molecule has 6 nitrogen and oxygen atoms in total. The number of carbonyl (C=O) groups excluding carboxylic acids is 1. The van der Waals surface area contributed by atoms with Gasteiger partial charge in [-0.15, -0.1) is 0 Å². The summed E-state index contributed by atoms with van der Waals surface area (Å²) in [5.41, 5.74) is 3.55. The second kappa shape index (κ2) is 8.03. The van der Waals surface area contributed by atoms with E-state index in [2.05, 4.69) is 10.3 Å². The van der Waals surface area contributed by atoms with E-state index in [1.54, 1.807) is 0 Å². The molecule has 0 saturated carbocycles. The van der Waals surface area contributed by atoms with Gasteiger partial charge in [-0.05, 0) is 61.4 Å². The minimum atomic E-state index is -3.06. The third kappa shape index (κ3) is 4.52. The second-order valence-corrected chi connectivity index (χ2v) is 11.0. The zero-order valence-corrected chi connectivity index (χ0v) is 18.3. The molecular weight excluding hydrogens is 425 g/mol. The van der Waals surface area contributed by atoms with Gasteiger partial charge in [0.2, 0.25) is 5.91 Å². The zero-order chi connectivity index (χ0) is 21.5. The van der Waals surface area contributed by atoms with Crippen LogP contribution in [0.5, 0.6) is 0 Å². The van der Waals surface area contributed by atoms with E-state index < -0.39 is 9.84 Å². The molecule has 4 rings (SSSR count). The normalized spacial score (nSPS) is 21.8. The third-order valence-corrected chi connectivity index (χ3v) is 8.52. The Bertz CT molecular complexity index is 1120. The molecule has 0 bridgehead atoms. The SMILES string of the molecule is Cc1ccc(N(CC(=O)Nc2ccc(F)cc2)C2=N[C@@H]3CS(=O)(=O)C[C@H]3S2)cc1C. The Morgan fingerprint density at radius 3 is 2.57 bits per heavy atom. The lowest BCUT2D eigenvalue weighted by atomic mass is 10.1. The number of thioether (sulfide) groups is 1. The van der Waals surface area contributed by atoms with Gasteiger partial charge in [-0.2, -0.15) is 0 Å². The van der Waals surface area contributed by atoms with Crippen LogP contribution in [0, 0.1) is 19.7 Å². The quantitative estimate of drug-likeness (QED) is 0.779. The number of nitrogens with zero attached hydrogens (tertiary/aromatic N) is 2. The Hall–Kier alpha value is -2.39. The zero-order valence-electron chi connectivity index (χ0n) is 16.6. The van der Waals surface area contributed by atoms with Gasteiger partial charge in [0, 0.05) is 16.6 Å². The number of benzene rings is 2. The van der Waals surface area contributed by atoms with Crippen molar-refractivity contribution < 1.29 is 17.6 Å². The summed E-state index contributed by atoms with van der Waals surface area (Å²) in [4.78, 5) is 19.2. The van der Waals surface area contributed by atoms with Gasteiger partial charge >= 0.3 is 0 Å². The number of hydrogen-bond donors (Lipinski definition) is 1. The number of anilines is 2. The summed E-state index contributed by atoms with van der Waals surface area (Å²) in [7, 11) is -3.06. The van der Waals surface area contributed by atoms with Crippen molar-refractivity contribution in [2.45, 2.75) is 25.1 Å². The van der Waals surface area contributed by atoms with Crippen LogP contribution in [-0.2, 0) is 14.6 Å². The number of halogens is 1. The van der Waals surface area contributed by atoms with E-state index in [4.69, 9.17) is 0 Å². The highest BCUT2D eigenvalue weighted by atomic mass is 32.2. The molecule has 2 atom stereocenters. The number of aliphatic imine (C=N–C) groups is 1. The van der Waals surface area contributed by atoms with Crippen LogP contribution in [0.15, 0.2) is 47.5 Å². The predicted molar refractivity (Wildman–Crippen MR) is 120 cm³/mol. The molecule has 1 fully saturated rings. The van der Waals surface area contributed by atoms with Crippen molar-refractivity contribution in [3.8, 4) is 0 Å². The molecule has 0 aliphatic carbocycles. The first kappa shape index (κ1) is 20.9. The Morgan fingerprint density at radius 1 is 1.17 bits per heavy atom. The smallest absolute Gasteiger partial charge is 0.244 e. The number of fused-ring (bicyclic) bond motifs is 1. The van der Waals surface area contributed by atoms with Crippen LogP contribution in [0.1, 0.15) is 11.1 Å². The Labute approximate surface area is 179 Å². The number of carbonyl (C=O) groups is 1. The summed E-state index contributed by atoms with van der Waals surface area (Å²) in [6, 6.07) is 11.2. The molecule has 30 heavy (non-hydrogen) atoms. The average molecular weight is 448 g/mol. The van der Waals surface area contributed by atoms with Crippen molar-refractivity contribution in [2.24, 2.45) is 4.99 Å². The van der Waals surface area contributed by atoms with Crippen LogP contribution in [0.4, 0.5) is 15.8 Å². The van der Waals surface area contributed by atoms with Crippen molar-refractivity contribution in [1.29, 1.82) is 0 Å². The first-order chi connectivity index (χ1) is 14.2. The number of amidine groups is 1. The number of sulfone groups is 1. The fourth-order valence-corrected chi connectivity index (χ4v) is 7.29. The molecule has 0 aromatic heterocycles. The van der Waals surface area contributed by atoms with Gasteiger partial charge in [-0.25, -0.2) is 12.8 Å². The fourth-order valence-electron chi connectivity index (χ4n) is 3.51. The highest BCUT2D eigenvalue weighted by molar-refractivity contribution is 8.15. The minimum absolute atomic E-state index is 0.0118. The molecular formula is C21H22FN3O3S2. The third-order valence-electron chi connectivity index (χ3n) is 5.27. The summed E-state index contributed by atoms with van der Waals surface area (Å²) < 4.78 is 36.9. The Balaban J connectivity index is 1.58. The van der Waals surface area contributed by atoms with E-state index in [1.165, 1.54) is 36.0 Å². The molecule has 2 aromatic rings. The van der Waals surface area contributed by atoms with Crippen molar-refractivity contribution in [2.75, 3.05) is 28.3 Å². The van der Waals surface area contributed by atoms with Crippen LogP contribution >= 0.6 is 11.8 Å². The van der Waals surface area contributed by atoms with Gasteiger partial charge in [0.15, 0.2) is 15.0 Å². The van der Waals surface area contributed by atoms with Crippen molar-refractivity contribution in [1.82, 2.24) is 0 Å². The number of rotatable bonds is 4. The van der Waals surface area contributed by atoms with Gasteiger partial charge < -0.3 is 10.2 Å². The van der Waals surface area contributed by atoms with Crippen LogP contribution in [0.25, 0.3) is 0 Å². The Morgan fingerprint density at radius 2 is 1.90 bits per heavy atom. The fraction of sp³-hybridized carbons (Fsp3) is 0.333. The highest BCUT2D eigenvalue weighted by Crippen LogP contribution is 2.37. The number of aryl methyl sites for hydroxylation is 2. The molecule has 2 heterocycles. The molecule has 1 amide bonds. The van der Waals surface area contributed by atoms with Gasteiger partial charge in [0.1, 0.15) is 12.4 Å². The molecule has 0 spiro atoms. The predicted octanol–water partition coefficient (Wildman–Crippen LogP) is 3.16. The summed E-state index contributed by atoms with van der Waals surface area (Å²) in [5, 5.41) is 3.31. The summed E-state index contributed by atoms with van der Waals surface area (Å²) in [5.74, 6) is -0.482. The maximum Gasteiger partial charge on any atom is 0.244 e. The topological polar surface area (TPSA) is 78.8 Å². The maximum absolute atomic E-state index is 13.1. The summed E-state index contributed by atoms with van der Waals surface area (Å²) >= 11 is 1.41. The first-order valence-electron chi connectivity index (χ1n) is 9.55. The van der Waals surface area contributed by atoms with Crippen LogP contribution in [-0.4, -0.2) is 48.8 Å². The lowest BCUT2D eigenvalue weighted by Crippen LogP contribution is -2.36. The average Bonchev–Trinajstić information content (AvgIpc) is 3.17. The monoisotopic (exact) mass is 447 g/mol. The lowest BCUT2D eigenvalue weighted by Gasteiger charge is -2.25. The molecule has 2 aromatic carbocycles. The molecule has 1 saturated heterocycles. The van der Waals surface area contributed by atoms with E-state index >= 15 is 0 Å². The maximum atomic E-state index is 13.1. The molecule has 9 heteroatoms. The van der Waals surface area contributed by atoms with Crippen LogP contribution in [0.2, 0.25) is 0 Å². The van der Waals surface area contributed by atoms with E-state index in [1.807, 2.05) is 36.9 Å². The van der Waals surface area contributed by atoms with Gasteiger partial charge in [0.05, 0.1) is 17.5 Å². The minimum Gasteiger partial charge on any atom is -0.325 e. The molecule has 0 radical (unpaired) electrons. The van der Waals surface area contributed by atoms with E-state index in [-0.39, 0.29) is 41.1 Å². The summed E-state index contributed by atoms with van der Waals surface area (Å²) in [6.07, 6.45) is 0. The van der Waals surface area contributed by atoms with Crippen molar-refractivity contribution in [3.63, 3.8) is 0 Å². The van der Waals surface area contributed by atoms with E-state index in [0.717, 1.165) is 16.8 Å². The molecule has 2 aliphatic heterocycles. The highest BCUT2D eigenvalue weighted by Gasteiger charge is 2.44. The summed E-state index contributed by atoms with van der Waals surface area (Å²) in [6.45, 7) is 4.03. The van der Waals surface area contributed by atoms with Crippen molar-refractivity contribution >= 4 is 44.0 Å².